The van der Waals surface area contributed by atoms with Crippen molar-refractivity contribution < 1.29 is 4.42 Å². The number of halogens is 1. The smallest absolute Gasteiger partial charge is 0.263 e. The van der Waals surface area contributed by atoms with Gasteiger partial charge in [0.05, 0.1) is 6.54 Å². The molecule has 0 radical (unpaired) electrons. The highest BCUT2D eigenvalue weighted by Crippen LogP contribution is 2.24. The summed E-state index contributed by atoms with van der Waals surface area (Å²) in [6, 6.07) is 11.8. The van der Waals surface area contributed by atoms with Crippen molar-refractivity contribution in [1.29, 1.82) is 0 Å². The van der Waals surface area contributed by atoms with Crippen molar-refractivity contribution in [3.63, 3.8) is 0 Å². The van der Waals surface area contributed by atoms with Crippen LogP contribution in [-0.4, -0.2) is 20.6 Å². The molecule has 0 atom stereocenters. The summed E-state index contributed by atoms with van der Waals surface area (Å²) in [5.74, 6) is 2.08. The van der Waals surface area contributed by atoms with E-state index in [9.17, 15) is 0 Å². The number of hydrogen-bond donors (Lipinski definition) is 2. The van der Waals surface area contributed by atoms with Gasteiger partial charge >= 0.3 is 0 Å². The monoisotopic (exact) mass is 319 g/mol. The molecule has 0 aliphatic heterocycles. The van der Waals surface area contributed by atoms with Gasteiger partial charge in [0.15, 0.2) is 0 Å². The van der Waals surface area contributed by atoms with E-state index in [0.29, 0.717) is 12.5 Å². The third-order valence-electron chi connectivity index (χ3n) is 2.56. The number of rotatable bonds is 4. The van der Waals surface area contributed by atoms with E-state index in [1.807, 2.05) is 36.4 Å². The van der Waals surface area contributed by atoms with Crippen LogP contribution in [0.2, 0.25) is 0 Å². The molecule has 0 aliphatic rings. The van der Waals surface area contributed by atoms with E-state index in [0.717, 1.165) is 21.6 Å². The lowest BCUT2D eigenvalue weighted by atomic mass is 10.2. The molecular weight excluding hydrogens is 310 g/mol. The fourth-order valence-corrected chi connectivity index (χ4v) is 1.91. The van der Waals surface area contributed by atoms with Crippen molar-refractivity contribution >= 4 is 21.9 Å². The highest BCUT2D eigenvalue weighted by atomic mass is 79.9. The standard InChI is InChI=1S/C12H10BrN5O/c13-9-3-1-8(2-4-9)11-6-5-10(19-11)7-14-12-15-17-18-16-12/h1-6H,7H2,(H2,14,15,16,17,18). The van der Waals surface area contributed by atoms with Crippen molar-refractivity contribution in [2.45, 2.75) is 6.54 Å². The minimum absolute atomic E-state index is 0.446. The molecule has 2 aromatic heterocycles. The third-order valence-corrected chi connectivity index (χ3v) is 3.09. The fourth-order valence-electron chi connectivity index (χ4n) is 1.65. The molecule has 2 N–H and O–H groups in total. The van der Waals surface area contributed by atoms with E-state index in [1.54, 1.807) is 0 Å². The Balaban J connectivity index is 1.70. The van der Waals surface area contributed by atoms with Gasteiger partial charge in [-0.25, -0.2) is 0 Å². The summed E-state index contributed by atoms with van der Waals surface area (Å²) in [5.41, 5.74) is 1.04. The molecule has 6 nitrogen and oxygen atoms in total. The lowest BCUT2D eigenvalue weighted by Crippen LogP contribution is -1.99. The highest BCUT2D eigenvalue weighted by Gasteiger charge is 2.05. The van der Waals surface area contributed by atoms with E-state index >= 15 is 0 Å². The molecule has 7 heteroatoms. The summed E-state index contributed by atoms with van der Waals surface area (Å²) in [4.78, 5) is 0. The Morgan fingerprint density at radius 1 is 1.16 bits per heavy atom. The largest absolute Gasteiger partial charge is 0.459 e. The summed E-state index contributed by atoms with van der Waals surface area (Å²) in [7, 11) is 0. The quantitative estimate of drug-likeness (QED) is 0.773. The number of H-pyrrole nitrogens is 1. The number of hydrogen-bond acceptors (Lipinski definition) is 5. The molecule has 0 aliphatic carbocycles. The zero-order chi connectivity index (χ0) is 13.1. The zero-order valence-corrected chi connectivity index (χ0v) is 11.4. The number of tetrazole rings is 1. The Morgan fingerprint density at radius 2 is 2.00 bits per heavy atom. The average Bonchev–Trinajstić information content (AvgIpc) is 3.09. The maximum Gasteiger partial charge on any atom is 0.263 e. The molecule has 0 saturated heterocycles. The predicted molar refractivity (Wildman–Crippen MR) is 73.3 cm³/mol. The fraction of sp³-hybridized carbons (Fsp3) is 0.0833. The average molecular weight is 320 g/mol. The van der Waals surface area contributed by atoms with E-state index < -0.39 is 0 Å². The number of benzene rings is 1. The van der Waals surface area contributed by atoms with Crippen LogP contribution in [0.4, 0.5) is 5.95 Å². The molecule has 19 heavy (non-hydrogen) atoms. The number of nitrogens with one attached hydrogen (secondary N) is 2. The van der Waals surface area contributed by atoms with Crippen molar-refractivity contribution in [2.75, 3.05) is 5.32 Å². The molecular formula is C12H10BrN5O. The van der Waals surface area contributed by atoms with Gasteiger partial charge in [-0.15, -0.1) is 5.10 Å². The van der Waals surface area contributed by atoms with Crippen LogP contribution in [0.3, 0.4) is 0 Å². The first-order chi connectivity index (χ1) is 9.31. The molecule has 0 amide bonds. The van der Waals surface area contributed by atoms with Gasteiger partial charge in [0.25, 0.3) is 5.95 Å². The Labute approximate surface area is 117 Å². The van der Waals surface area contributed by atoms with Gasteiger partial charge in [-0.05, 0) is 29.5 Å². The van der Waals surface area contributed by atoms with E-state index in [2.05, 4.69) is 41.9 Å². The molecule has 0 saturated carbocycles. The number of nitrogens with zero attached hydrogens (tertiary/aromatic N) is 3. The SMILES string of the molecule is Brc1ccc(-c2ccc(CNc3nn[nH]n3)o2)cc1. The summed E-state index contributed by atoms with van der Waals surface area (Å²) in [6.07, 6.45) is 0. The molecule has 0 unspecified atom stereocenters. The van der Waals surface area contributed by atoms with Gasteiger partial charge < -0.3 is 9.73 Å². The van der Waals surface area contributed by atoms with Gasteiger partial charge in [-0.1, -0.05) is 33.2 Å². The van der Waals surface area contributed by atoms with Gasteiger partial charge in [-0.3, -0.25) is 0 Å². The van der Waals surface area contributed by atoms with Crippen LogP contribution in [0.15, 0.2) is 45.3 Å². The number of furan rings is 1. The Bertz CT molecular complexity index is 647. The molecule has 3 aromatic rings. The van der Waals surface area contributed by atoms with Crippen LogP contribution in [0.25, 0.3) is 11.3 Å². The Kier molecular flexibility index (Phi) is 3.28. The first kappa shape index (κ1) is 11.9. The van der Waals surface area contributed by atoms with Crippen LogP contribution < -0.4 is 5.32 Å². The molecule has 0 bridgehead atoms. The minimum atomic E-state index is 0.446. The topological polar surface area (TPSA) is 79.6 Å². The number of anilines is 1. The third kappa shape index (κ3) is 2.82. The van der Waals surface area contributed by atoms with Crippen molar-refractivity contribution in [3.8, 4) is 11.3 Å². The summed E-state index contributed by atoms with van der Waals surface area (Å²) in [5, 5.41) is 16.4. The van der Waals surface area contributed by atoms with Crippen LogP contribution in [0.1, 0.15) is 5.76 Å². The van der Waals surface area contributed by atoms with E-state index in [1.165, 1.54) is 0 Å². The number of aromatic amines is 1. The maximum atomic E-state index is 5.74. The summed E-state index contributed by atoms with van der Waals surface area (Å²) >= 11 is 3.41. The Hall–Kier alpha value is -2.15. The Morgan fingerprint density at radius 3 is 2.74 bits per heavy atom. The normalized spacial score (nSPS) is 10.6. The zero-order valence-electron chi connectivity index (χ0n) is 9.80. The molecule has 2 heterocycles. The molecule has 0 spiro atoms. The first-order valence-electron chi connectivity index (χ1n) is 5.63. The van der Waals surface area contributed by atoms with Crippen LogP contribution >= 0.6 is 15.9 Å². The predicted octanol–water partition coefficient (Wildman–Crippen LogP) is 2.83. The number of aromatic nitrogens is 4. The molecule has 1 aromatic carbocycles. The van der Waals surface area contributed by atoms with Gasteiger partial charge in [0, 0.05) is 10.0 Å². The highest BCUT2D eigenvalue weighted by molar-refractivity contribution is 9.10. The van der Waals surface area contributed by atoms with Crippen LogP contribution in [0.5, 0.6) is 0 Å². The minimum Gasteiger partial charge on any atom is -0.459 e. The molecule has 0 fully saturated rings. The van der Waals surface area contributed by atoms with Crippen LogP contribution in [-0.2, 0) is 6.54 Å². The second-order valence-corrected chi connectivity index (χ2v) is 4.78. The van der Waals surface area contributed by atoms with Crippen molar-refractivity contribution in [1.82, 2.24) is 20.6 Å². The summed E-state index contributed by atoms with van der Waals surface area (Å²) in [6.45, 7) is 0.510. The van der Waals surface area contributed by atoms with Crippen LogP contribution in [0, 0.1) is 0 Å². The second kappa shape index (κ2) is 5.23. The maximum absolute atomic E-state index is 5.74. The van der Waals surface area contributed by atoms with Gasteiger partial charge in [-0.2, -0.15) is 5.21 Å². The van der Waals surface area contributed by atoms with Crippen molar-refractivity contribution in [2.24, 2.45) is 0 Å². The van der Waals surface area contributed by atoms with Gasteiger partial charge in [0.2, 0.25) is 0 Å². The van der Waals surface area contributed by atoms with Gasteiger partial charge in [0.1, 0.15) is 11.5 Å². The van der Waals surface area contributed by atoms with E-state index in [4.69, 9.17) is 4.42 Å². The second-order valence-electron chi connectivity index (χ2n) is 3.86. The molecule has 96 valence electrons. The lowest BCUT2D eigenvalue weighted by molar-refractivity contribution is 0.531. The van der Waals surface area contributed by atoms with E-state index in [-0.39, 0.29) is 0 Å². The first-order valence-corrected chi connectivity index (χ1v) is 6.42. The van der Waals surface area contributed by atoms with Crippen molar-refractivity contribution in [3.05, 3.63) is 46.6 Å². The lowest BCUT2D eigenvalue weighted by Gasteiger charge is -1.99. The summed E-state index contributed by atoms with van der Waals surface area (Å²) < 4.78 is 6.79. The molecule has 3 rings (SSSR count).